The van der Waals surface area contributed by atoms with Crippen molar-refractivity contribution in [2.75, 3.05) is 13.2 Å². The highest BCUT2D eigenvalue weighted by atomic mass is 16.5. The minimum Gasteiger partial charge on any atom is -0.466 e. The molecule has 6 nitrogen and oxygen atoms in total. The van der Waals surface area contributed by atoms with E-state index in [9.17, 15) is 19.8 Å². The number of carbonyl (C=O) groups excluding carboxylic acids is 2. The molecular formula is C47H89NO5. The second-order valence-electron chi connectivity index (χ2n) is 15.7. The van der Waals surface area contributed by atoms with Gasteiger partial charge >= 0.3 is 5.97 Å². The van der Waals surface area contributed by atoms with E-state index in [1.54, 1.807) is 6.08 Å². The maximum absolute atomic E-state index is 12.3. The number of unbranched alkanes of at least 4 members (excludes halogenated alkanes) is 29. The van der Waals surface area contributed by atoms with E-state index in [-0.39, 0.29) is 18.5 Å². The van der Waals surface area contributed by atoms with Gasteiger partial charge in [-0.25, -0.2) is 0 Å². The van der Waals surface area contributed by atoms with E-state index in [0.29, 0.717) is 19.4 Å². The van der Waals surface area contributed by atoms with Crippen LogP contribution >= 0.6 is 0 Å². The summed E-state index contributed by atoms with van der Waals surface area (Å²) in [4.78, 5) is 24.4. The molecule has 0 fully saturated rings. The summed E-state index contributed by atoms with van der Waals surface area (Å²) < 4.78 is 5.43. The fraction of sp³-hybridized carbons (Fsp3) is 0.872. The molecule has 0 aromatic carbocycles. The Labute approximate surface area is 329 Å². The first-order chi connectivity index (χ1) is 26.0. The van der Waals surface area contributed by atoms with Gasteiger partial charge in [0.05, 0.1) is 25.4 Å². The Morgan fingerprint density at radius 2 is 0.906 bits per heavy atom. The van der Waals surface area contributed by atoms with Gasteiger partial charge in [0.15, 0.2) is 0 Å². The Balaban J connectivity index is 3.55. The second kappa shape index (κ2) is 43.1. The quantitative estimate of drug-likeness (QED) is 0.0328. The van der Waals surface area contributed by atoms with Crippen LogP contribution in [-0.2, 0) is 14.3 Å². The van der Waals surface area contributed by atoms with Crippen molar-refractivity contribution in [3.8, 4) is 0 Å². The summed E-state index contributed by atoms with van der Waals surface area (Å²) in [5.41, 5.74) is 0. The van der Waals surface area contributed by atoms with Crippen LogP contribution < -0.4 is 5.32 Å². The van der Waals surface area contributed by atoms with Crippen molar-refractivity contribution in [2.45, 2.75) is 251 Å². The number of ether oxygens (including phenoxy) is 1. The summed E-state index contributed by atoms with van der Waals surface area (Å²) in [6.45, 7) is 4.79. The maximum Gasteiger partial charge on any atom is 0.305 e. The normalized spacial score (nSPS) is 12.9. The number of rotatable bonds is 42. The molecule has 1 amide bonds. The molecule has 0 aromatic heterocycles. The monoisotopic (exact) mass is 748 g/mol. The van der Waals surface area contributed by atoms with E-state index in [2.05, 4.69) is 31.3 Å². The van der Waals surface area contributed by atoms with Crippen LogP contribution in [0.1, 0.15) is 239 Å². The van der Waals surface area contributed by atoms with Gasteiger partial charge in [0.1, 0.15) is 0 Å². The highest BCUT2D eigenvalue weighted by Gasteiger charge is 2.17. The minimum atomic E-state index is -0.872. The largest absolute Gasteiger partial charge is 0.466 e. The van der Waals surface area contributed by atoms with Gasteiger partial charge in [0.2, 0.25) is 5.91 Å². The zero-order chi connectivity index (χ0) is 38.7. The third kappa shape index (κ3) is 39.8. The van der Waals surface area contributed by atoms with E-state index >= 15 is 0 Å². The van der Waals surface area contributed by atoms with Gasteiger partial charge in [-0.2, -0.15) is 0 Å². The number of esters is 1. The van der Waals surface area contributed by atoms with Crippen LogP contribution in [0.25, 0.3) is 0 Å². The summed E-state index contributed by atoms with van der Waals surface area (Å²) in [6.07, 6.45) is 48.9. The Hall–Kier alpha value is -1.66. The number of amides is 1. The Bertz CT molecular complexity index is 828. The lowest BCUT2D eigenvalue weighted by atomic mass is 10.0. The smallest absolute Gasteiger partial charge is 0.305 e. The summed E-state index contributed by atoms with van der Waals surface area (Å²) in [5.74, 6) is -0.166. The SMILES string of the molecule is CCCCCCCCCCC/C=C/C(O)C(CO)NC(=O)CCC/C=C\CCCCCCOC(=O)CCCCCCCCCCCCCCCCCC. The van der Waals surface area contributed by atoms with Gasteiger partial charge in [-0.15, -0.1) is 0 Å². The summed E-state index contributed by atoms with van der Waals surface area (Å²) in [5, 5.41) is 22.9. The van der Waals surface area contributed by atoms with Crippen molar-refractivity contribution >= 4 is 11.9 Å². The van der Waals surface area contributed by atoms with Gasteiger partial charge in [0.25, 0.3) is 0 Å². The van der Waals surface area contributed by atoms with E-state index in [1.807, 2.05) is 6.08 Å². The Morgan fingerprint density at radius 3 is 1.38 bits per heavy atom. The van der Waals surface area contributed by atoms with E-state index < -0.39 is 12.1 Å². The van der Waals surface area contributed by atoms with Gasteiger partial charge in [-0.05, 0) is 51.4 Å². The maximum atomic E-state index is 12.3. The third-order valence-corrected chi connectivity index (χ3v) is 10.5. The first-order valence-corrected chi connectivity index (χ1v) is 23.1. The first kappa shape index (κ1) is 51.3. The number of hydrogen-bond donors (Lipinski definition) is 3. The van der Waals surface area contributed by atoms with E-state index in [4.69, 9.17) is 4.74 Å². The standard InChI is InChI=1S/C47H89NO5/c1-3-5-7-9-11-13-15-16-17-18-19-21-25-29-33-37-41-47(52)53-42-38-34-30-26-22-24-28-32-36-40-46(51)48-44(43-49)45(50)39-35-31-27-23-20-14-12-10-8-6-4-2/h24,28,35,39,44-45,49-50H,3-23,25-27,29-34,36-38,40-43H2,1-2H3,(H,48,51)/b28-24-,39-35+. The molecule has 0 aliphatic heterocycles. The molecule has 0 radical (unpaired) electrons. The predicted molar refractivity (Wildman–Crippen MR) is 227 cm³/mol. The van der Waals surface area contributed by atoms with Crippen molar-refractivity contribution in [3.05, 3.63) is 24.3 Å². The van der Waals surface area contributed by atoms with E-state index in [1.165, 1.54) is 141 Å². The van der Waals surface area contributed by atoms with Gasteiger partial charge in [0, 0.05) is 12.8 Å². The van der Waals surface area contributed by atoms with Gasteiger partial charge < -0.3 is 20.3 Å². The molecule has 312 valence electrons. The third-order valence-electron chi connectivity index (χ3n) is 10.5. The molecule has 0 saturated heterocycles. The van der Waals surface area contributed by atoms with Crippen molar-refractivity contribution in [1.29, 1.82) is 0 Å². The topological polar surface area (TPSA) is 95.9 Å². The van der Waals surface area contributed by atoms with Crippen LogP contribution in [0, 0.1) is 0 Å². The van der Waals surface area contributed by atoms with Crippen LogP contribution in [0.2, 0.25) is 0 Å². The molecule has 0 bridgehead atoms. The zero-order valence-electron chi connectivity index (χ0n) is 35.2. The minimum absolute atomic E-state index is 0.0357. The average Bonchev–Trinajstić information content (AvgIpc) is 3.16. The molecule has 2 atom stereocenters. The molecule has 0 spiro atoms. The predicted octanol–water partition coefficient (Wildman–Crippen LogP) is 13.2. The highest BCUT2D eigenvalue weighted by molar-refractivity contribution is 5.76. The fourth-order valence-corrected chi connectivity index (χ4v) is 6.87. The molecule has 0 saturated carbocycles. The van der Waals surface area contributed by atoms with Crippen LogP contribution in [0.5, 0.6) is 0 Å². The Kier molecular flexibility index (Phi) is 41.7. The molecule has 0 heterocycles. The lowest BCUT2D eigenvalue weighted by Gasteiger charge is -2.19. The fourth-order valence-electron chi connectivity index (χ4n) is 6.87. The molecular weight excluding hydrogens is 659 g/mol. The lowest BCUT2D eigenvalue weighted by Crippen LogP contribution is -2.45. The van der Waals surface area contributed by atoms with Gasteiger partial charge in [-0.1, -0.05) is 199 Å². The van der Waals surface area contributed by atoms with Crippen LogP contribution in [0.4, 0.5) is 0 Å². The number of aliphatic hydroxyl groups excluding tert-OH is 2. The number of carbonyl (C=O) groups is 2. The molecule has 53 heavy (non-hydrogen) atoms. The molecule has 6 heteroatoms. The van der Waals surface area contributed by atoms with E-state index in [0.717, 1.165) is 70.6 Å². The number of nitrogens with one attached hydrogen (secondary N) is 1. The number of aliphatic hydroxyl groups is 2. The van der Waals surface area contributed by atoms with Crippen molar-refractivity contribution < 1.29 is 24.5 Å². The van der Waals surface area contributed by atoms with Crippen molar-refractivity contribution in [2.24, 2.45) is 0 Å². The zero-order valence-corrected chi connectivity index (χ0v) is 35.2. The Morgan fingerprint density at radius 1 is 0.509 bits per heavy atom. The number of hydrogen-bond acceptors (Lipinski definition) is 5. The van der Waals surface area contributed by atoms with Crippen LogP contribution in [0.3, 0.4) is 0 Å². The number of allylic oxidation sites excluding steroid dienone is 3. The summed E-state index contributed by atoms with van der Waals surface area (Å²) in [7, 11) is 0. The van der Waals surface area contributed by atoms with Crippen molar-refractivity contribution in [1.82, 2.24) is 5.32 Å². The van der Waals surface area contributed by atoms with Crippen molar-refractivity contribution in [3.63, 3.8) is 0 Å². The molecule has 2 unspecified atom stereocenters. The highest BCUT2D eigenvalue weighted by Crippen LogP contribution is 2.15. The molecule has 0 rings (SSSR count). The van der Waals surface area contributed by atoms with Crippen LogP contribution in [-0.4, -0.2) is 47.4 Å². The second-order valence-corrected chi connectivity index (χ2v) is 15.7. The molecule has 0 aliphatic carbocycles. The molecule has 3 N–H and O–H groups in total. The summed E-state index contributed by atoms with van der Waals surface area (Å²) in [6, 6.07) is -0.662. The van der Waals surface area contributed by atoms with Crippen LogP contribution in [0.15, 0.2) is 24.3 Å². The first-order valence-electron chi connectivity index (χ1n) is 23.1. The summed E-state index contributed by atoms with van der Waals surface area (Å²) >= 11 is 0. The van der Waals surface area contributed by atoms with Gasteiger partial charge in [-0.3, -0.25) is 9.59 Å². The lowest BCUT2D eigenvalue weighted by molar-refractivity contribution is -0.143. The molecule has 0 aliphatic rings. The molecule has 0 aromatic rings. The average molecular weight is 748 g/mol.